The lowest BCUT2D eigenvalue weighted by Crippen LogP contribution is -2.54. The number of ketones is 2. The molecule has 0 rings (SSSR count). The lowest BCUT2D eigenvalue weighted by molar-refractivity contribution is -0.126. The first-order valence-electron chi connectivity index (χ1n) is 6.98. The van der Waals surface area contributed by atoms with Gasteiger partial charge in [0.25, 0.3) is 0 Å². The van der Waals surface area contributed by atoms with Crippen molar-refractivity contribution in [1.29, 1.82) is 5.41 Å². The summed E-state index contributed by atoms with van der Waals surface area (Å²) in [5, 5.41) is 12.9. The number of Topliss-reactive ketones (excluding diaryl/α,β-unsaturated/α-hetero) is 2. The molecular formula is C14H28N4O2. The van der Waals surface area contributed by atoms with Gasteiger partial charge in [-0.05, 0) is 33.6 Å². The molecule has 6 heteroatoms. The zero-order chi connectivity index (χ0) is 15.9. The number of rotatable bonds is 9. The van der Waals surface area contributed by atoms with Gasteiger partial charge in [-0.3, -0.25) is 20.3 Å². The molecule has 0 bridgehead atoms. The molecule has 6 nitrogen and oxygen atoms in total. The van der Waals surface area contributed by atoms with Crippen LogP contribution in [0.5, 0.6) is 0 Å². The first-order chi connectivity index (χ1) is 9.08. The van der Waals surface area contributed by atoms with E-state index in [1.807, 2.05) is 13.8 Å². The third kappa shape index (κ3) is 6.65. The van der Waals surface area contributed by atoms with Crippen LogP contribution in [0.15, 0.2) is 0 Å². The van der Waals surface area contributed by atoms with E-state index in [9.17, 15) is 9.59 Å². The summed E-state index contributed by atoms with van der Waals surface area (Å²) in [5.74, 6) is -0.0622. The van der Waals surface area contributed by atoms with E-state index in [1.54, 1.807) is 13.8 Å². The van der Waals surface area contributed by atoms with E-state index in [1.165, 1.54) is 6.92 Å². The van der Waals surface area contributed by atoms with Crippen LogP contribution in [0.4, 0.5) is 0 Å². The molecule has 0 aromatic heterocycles. The lowest BCUT2D eigenvalue weighted by atomic mass is 9.92. The molecular weight excluding hydrogens is 256 g/mol. The first-order valence-corrected chi connectivity index (χ1v) is 6.98. The van der Waals surface area contributed by atoms with Gasteiger partial charge in [0, 0.05) is 12.5 Å². The molecule has 0 saturated heterocycles. The van der Waals surface area contributed by atoms with E-state index in [2.05, 4.69) is 10.6 Å². The number of nitrogens with one attached hydrogen (secondary N) is 3. The second-order valence-electron chi connectivity index (χ2n) is 5.92. The largest absolute Gasteiger partial charge is 0.370 e. The SMILES string of the molecule is CC(=O)C(C)(C)NC(CCCNC(=N)N)C(=O)C(C)C. The molecule has 1 atom stereocenters. The van der Waals surface area contributed by atoms with Crippen LogP contribution in [-0.2, 0) is 9.59 Å². The standard InChI is InChI=1S/C14H28N4O2/c1-9(2)12(20)11(7-6-8-17-13(15)16)18-14(4,5)10(3)19/h9,11,18H,6-8H2,1-5H3,(H4,15,16,17). The van der Waals surface area contributed by atoms with Crippen LogP contribution in [0.1, 0.15) is 47.5 Å². The highest BCUT2D eigenvalue weighted by Crippen LogP contribution is 2.12. The smallest absolute Gasteiger partial charge is 0.185 e. The molecule has 5 N–H and O–H groups in total. The van der Waals surface area contributed by atoms with Crippen LogP contribution in [0.3, 0.4) is 0 Å². The van der Waals surface area contributed by atoms with E-state index in [-0.39, 0.29) is 29.5 Å². The topological polar surface area (TPSA) is 108 Å². The predicted octanol–water partition coefficient (Wildman–Crippen LogP) is 0.801. The van der Waals surface area contributed by atoms with Crippen LogP contribution >= 0.6 is 0 Å². The summed E-state index contributed by atoms with van der Waals surface area (Å²) in [5.41, 5.74) is 4.48. The van der Waals surface area contributed by atoms with Gasteiger partial charge in [-0.2, -0.15) is 0 Å². The number of carbonyl (C=O) groups is 2. The minimum absolute atomic E-state index is 0.000849. The maximum atomic E-state index is 12.2. The average Bonchev–Trinajstić information content (AvgIpc) is 2.31. The molecule has 0 spiro atoms. The Kier molecular flexibility index (Phi) is 7.42. The number of guanidine groups is 1. The summed E-state index contributed by atoms with van der Waals surface area (Å²) in [4.78, 5) is 23.8. The molecule has 20 heavy (non-hydrogen) atoms. The number of hydrogen-bond donors (Lipinski definition) is 4. The van der Waals surface area contributed by atoms with Gasteiger partial charge in [-0.25, -0.2) is 0 Å². The molecule has 0 aliphatic carbocycles. The van der Waals surface area contributed by atoms with Crippen LogP contribution in [-0.4, -0.2) is 35.7 Å². The summed E-state index contributed by atoms with van der Waals surface area (Å²) < 4.78 is 0. The van der Waals surface area contributed by atoms with Crippen LogP contribution in [0, 0.1) is 11.3 Å². The summed E-state index contributed by atoms with van der Waals surface area (Å²) in [6.45, 7) is 9.32. The van der Waals surface area contributed by atoms with Crippen LogP contribution in [0.2, 0.25) is 0 Å². The zero-order valence-corrected chi connectivity index (χ0v) is 13.2. The second kappa shape index (κ2) is 7.99. The van der Waals surface area contributed by atoms with Gasteiger partial charge in [0.15, 0.2) is 11.7 Å². The number of nitrogens with two attached hydrogens (primary N) is 1. The van der Waals surface area contributed by atoms with Gasteiger partial charge in [-0.1, -0.05) is 13.8 Å². The Morgan fingerprint density at radius 1 is 1.30 bits per heavy atom. The summed E-state index contributed by atoms with van der Waals surface area (Å²) >= 11 is 0. The summed E-state index contributed by atoms with van der Waals surface area (Å²) in [7, 11) is 0. The summed E-state index contributed by atoms with van der Waals surface area (Å²) in [6, 6.07) is -0.359. The Labute approximate surface area is 121 Å². The molecule has 0 aliphatic heterocycles. The van der Waals surface area contributed by atoms with Gasteiger partial charge >= 0.3 is 0 Å². The van der Waals surface area contributed by atoms with Gasteiger partial charge in [-0.15, -0.1) is 0 Å². The molecule has 1 unspecified atom stereocenters. The fourth-order valence-electron chi connectivity index (χ4n) is 1.75. The van der Waals surface area contributed by atoms with E-state index in [0.29, 0.717) is 19.4 Å². The maximum absolute atomic E-state index is 12.2. The molecule has 0 fully saturated rings. The third-order valence-corrected chi connectivity index (χ3v) is 3.31. The Morgan fingerprint density at radius 2 is 1.85 bits per heavy atom. The third-order valence-electron chi connectivity index (χ3n) is 3.31. The summed E-state index contributed by atoms with van der Waals surface area (Å²) in [6.07, 6.45) is 1.30. The van der Waals surface area contributed by atoms with Gasteiger partial charge in [0.2, 0.25) is 0 Å². The van der Waals surface area contributed by atoms with Crippen molar-refractivity contribution in [2.75, 3.05) is 6.54 Å². The molecule has 0 radical (unpaired) electrons. The van der Waals surface area contributed by atoms with Gasteiger partial charge < -0.3 is 11.1 Å². The highest BCUT2D eigenvalue weighted by molar-refractivity contribution is 5.89. The fourth-order valence-corrected chi connectivity index (χ4v) is 1.75. The maximum Gasteiger partial charge on any atom is 0.185 e. The fraction of sp³-hybridized carbons (Fsp3) is 0.786. The van der Waals surface area contributed by atoms with E-state index >= 15 is 0 Å². The van der Waals surface area contributed by atoms with Crippen molar-refractivity contribution in [3.63, 3.8) is 0 Å². The molecule has 0 amide bonds. The Bertz CT molecular complexity index is 364. The highest BCUT2D eigenvalue weighted by Gasteiger charge is 2.30. The van der Waals surface area contributed by atoms with E-state index in [0.717, 1.165) is 0 Å². The molecule has 0 aromatic carbocycles. The normalized spacial score (nSPS) is 13.1. The second-order valence-corrected chi connectivity index (χ2v) is 5.92. The highest BCUT2D eigenvalue weighted by atomic mass is 16.1. The van der Waals surface area contributed by atoms with Gasteiger partial charge in [0.1, 0.15) is 5.78 Å². The van der Waals surface area contributed by atoms with Crippen molar-refractivity contribution >= 4 is 17.5 Å². The zero-order valence-electron chi connectivity index (χ0n) is 13.2. The minimum atomic E-state index is -0.719. The molecule has 0 heterocycles. The predicted molar refractivity (Wildman–Crippen MR) is 80.7 cm³/mol. The van der Waals surface area contributed by atoms with E-state index < -0.39 is 5.54 Å². The van der Waals surface area contributed by atoms with Gasteiger partial charge in [0.05, 0.1) is 11.6 Å². The lowest BCUT2D eigenvalue weighted by Gasteiger charge is -2.30. The van der Waals surface area contributed by atoms with Crippen molar-refractivity contribution in [3.8, 4) is 0 Å². The first kappa shape index (κ1) is 18.6. The van der Waals surface area contributed by atoms with E-state index in [4.69, 9.17) is 11.1 Å². The van der Waals surface area contributed by atoms with Crippen LogP contribution < -0.4 is 16.4 Å². The number of hydrogen-bond acceptors (Lipinski definition) is 4. The Morgan fingerprint density at radius 3 is 2.25 bits per heavy atom. The van der Waals surface area contributed by atoms with Crippen LogP contribution in [0.25, 0.3) is 0 Å². The molecule has 0 saturated carbocycles. The Balaban J connectivity index is 4.62. The molecule has 0 aromatic rings. The van der Waals surface area contributed by atoms with Crippen molar-refractivity contribution in [3.05, 3.63) is 0 Å². The average molecular weight is 284 g/mol. The quantitative estimate of drug-likeness (QED) is 0.284. The monoisotopic (exact) mass is 284 g/mol. The van der Waals surface area contributed by atoms with Crippen molar-refractivity contribution in [2.24, 2.45) is 11.7 Å². The minimum Gasteiger partial charge on any atom is -0.370 e. The molecule has 0 aliphatic rings. The van der Waals surface area contributed by atoms with Crippen molar-refractivity contribution in [1.82, 2.24) is 10.6 Å². The number of carbonyl (C=O) groups excluding carboxylic acids is 2. The van der Waals surface area contributed by atoms with Crippen molar-refractivity contribution in [2.45, 2.75) is 59.0 Å². The van der Waals surface area contributed by atoms with Crippen molar-refractivity contribution < 1.29 is 9.59 Å². The Hall–Kier alpha value is -1.43. The molecule has 116 valence electrons.